The Hall–Kier alpha value is -2.09. The van der Waals surface area contributed by atoms with Gasteiger partial charge in [-0.3, -0.25) is 9.10 Å². The van der Waals surface area contributed by atoms with Gasteiger partial charge in [-0.15, -0.1) is 0 Å². The molecule has 0 radical (unpaired) electrons. The predicted molar refractivity (Wildman–Crippen MR) is 95.0 cm³/mol. The van der Waals surface area contributed by atoms with Gasteiger partial charge in [-0.1, -0.05) is 0 Å². The van der Waals surface area contributed by atoms with E-state index in [0.29, 0.717) is 11.3 Å². The molecule has 7 nitrogen and oxygen atoms in total. The molecule has 0 saturated carbocycles. The predicted octanol–water partition coefficient (Wildman–Crippen LogP) is 1.64. The Balaban J connectivity index is 2.08. The zero-order chi connectivity index (χ0) is 18.4. The van der Waals surface area contributed by atoms with Crippen LogP contribution in [0.1, 0.15) is 36.0 Å². The Morgan fingerprint density at radius 1 is 1.12 bits per heavy atom. The van der Waals surface area contributed by atoms with Gasteiger partial charge < -0.3 is 9.64 Å². The highest BCUT2D eigenvalue weighted by Gasteiger charge is 2.22. The molecule has 138 valence electrons. The summed E-state index contributed by atoms with van der Waals surface area (Å²) in [5.41, 5.74) is 0.755. The molecule has 1 fully saturated rings. The Morgan fingerprint density at radius 3 is 2.24 bits per heavy atom. The van der Waals surface area contributed by atoms with Gasteiger partial charge in [-0.2, -0.15) is 0 Å². The highest BCUT2D eigenvalue weighted by Crippen LogP contribution is 2.20. The molecule has 0 unspecified atom stereocenters. The fourth-order valence-corrected chi connectivity index (χ4v) is 3.79. The first-order chi connectivity index (χ1) is 11.8. The second kappa shape index (κ2) is 8.33. The number of methoxy groups -OCH3 is 1. The number of hydrogen-bond donors (Lipinski definition) is 0. The lowest BCUT2D eigenvalue weighted by Crippen LogP contribution is -2.39. The number of nitrogens with zero attached hydrogens (tertiary/aromatic N) is 2. The van der Waals surface area contributed by atoms with Gasteiger partial charge >= 0.3 is 5.97 Å². The average Bonchev–Trinajstić information content (AvgIpc) is 2.61. The number of ether oxygens (including phenoxy) is 1. The molecule has 0 bridgehead atoms. The molecule has 0 spiro atoms. The zero-order valence-corrected chi connectivity index (χ0v) is 15.4. The van der Waals surface area contributed by atoms with Crippen molar-refractivity contribution >= 4 is 27.6 Å². The second-order valence-electron chi connectivity index (χ2n) is 6.07. The summed E-state index contributed by atoms with van der Waals surface area (Å²) >= 11 is 0. The molecule has 1 saturated heterocycles. The normalized spacial score (nSPS) is 14.9. The van der Waals surface area contributed by atoms with Crippen LogP contribution in [0.2, 0.25) is 0 Å². The van der Waals surface area contributed by atoms with Crippen LogP contribution in [0.3, 0.4) is 0 Å². The third-order valence-corrected chi connectivity index (χ3v) is 5.41. The van der Waals surface area contributed by atoms with E-state index in [4.69, 9.17) is 0 Å². The van der Waals surface area contributed by atoms with Crippen molar-refractivity contribution in [2.24, 2.45) is 0 Å². The summed E-state index contributed by atoms with van der Waals surface area (Å²) in [6.07, 6.45) is 4.36. The molecule has 1 amide bonds. The first-order valence-electron chi connectivity index (χ1n) is 8.27. The fourth-order valence-electron chi connectivity index (χ4n) is 2.87. The Kier molecular flexibility index (Phi) is 6.41. The molecule has 1 aliphatic heterocycles. The lowest BCUT2D eigenvalue weighted by molar-refractivity contribution is -0.131. The van der Waals surface area contributed by atoms with E-state index >= 15 is 0 Å². The van der Waals surface area contributed by atoms with Crippen molar-refractivity contribution in [3.05, 3.63) is 29.8 Å². The summed E-state index contributed by atoms with van der Waals surface area (Å²) in [4.78, 5) is 25.6. The Bertz CT molecular complexity index is 709. The molecule has 0 atom stereocenters. The fraction of sp³-hybridized carbons (Fsp3) is 0.529. The van der Waals surface area contributed by atoms with Crippen LogP contribution in [0.25, 0.3) is 0 Å². The molecule has 1 aromatic carbocycles. The van der Waals surface area contributed by atoms with E-state index in [-0.39, 0.29) is 18.9 Å². The van der Waals surface area contributed by atoms with Gasteiger partial charge in [0, 0.05) is 26.1 Å². The zero-order valence-electron chi connectivity index (χ0n) is 14.6. The van der Waals surface area contributed by atoms with Crippen molar-refractivity contribution in [2.75, 3.05) is 37.3 Å². The number of carbonyl (C=O) groups is 2. The lowest BCUT2D eigenvalue weighted by atomic mass is 10.1. The number of rotatable bonds is 6. The number of carbonyl (C=O) groups excluding carboxylic acids is 2. The summed E-state index contributed by atoms with van der Waals surface area (Å²) in [7, 11) is -2.25. The van der Waals surface area contributed by atoms with Gasteiger partial charge in [0.15, 0.2) is 0 Å². The van der Waals surface area contributed by atoms with Crippen molar-refractivity contribution in [3.8, 4) is 0 Å². The summed E-state index contributed by atoms with van der Waals surface area (Å²) in [6, 6.07) is 6.09. The van der Waals surface area contributed by atoms with Crippen molar-refractivity contribution < 1.29 is 22.7 Å². The van der Waals surface area contributed by atoms with Crippen molar-refractivity contribution in [1.29, 1.82) is 0 Å². The van der Waals surface area contributed by atoms with E-state index in [9.17, 15) is 18.0 Å². The summed E-state index contributed by atoms with van der Waals surface area (Å²) in [5, 5.41) is 0. The van der Waals surface area contributed by atoms with Crippen LogP contribution < -0.4 is 4.31 Å². The van der Waals surface area contributed by atoms with Gasteiger partial charge in [-0.05, 0) is 43.5 Å². The van der Waals surface area contributed by atoms with Gasteiger partial charge in [0.1, 0.15) is 0 Å². The molecule has 8 heteroatoms. The van der Waals surface area contributed by atoms with E-state index in [0.717, 1.165) is 38.6 Å². The maximum absolute atomic E-state index is 12.3. The molecular weight excluding hydrogens is 344 g/mol. The number of hydrogen-bond acceptors (Lipinski definition) is 5. The number of likely N-dealkylation sites (tertiary alicyclic amines) is 1. The monoisotopic (exact) mass is 368 g/mol. The summed E-state index contributed by atoms with van der Waals surface area (Å²) in [5.74, 6) is -0.516. The largest absolute Gasteiger partial charge is 0.465 e. The van der Waals surface area contributed by atoms with E-state index in [1.54, 1.807) is 17.0 Å². The maximum atomic E-state index is 12.3. The molecule has 0 aliphatic carbocycles. The topological polar surface area (TPSA) is 84.0 Å². The van der Waals surface area contributed by atoms with Gasteiger partial charge in [0.25, 0.3) is 0 Å². The van der Waals surface area contributed by atoms with Crippen molar-refractivity contribution in [2.45, 2.75) is 25.7 Å². The molecule has 0 aromatic heterocycles. The SMILES string of the molecule is COC(=O)c1ccc(N(CCC(=O)N2CCCCC2)S(C)(=O)=O)cc1. The van der Waals surface area contributed by atoms with Gasteiger partial charge in [-0.25, -0.2) is 13.2 Å². The first kappa shape index (κ1) is 19.2. The first-order valence-corrected chi connectivity index (χ1v) is 10.1. The maximum Gasteiger partial charge on any atom is 0.337 e. The van der Waals surface area contributed by atoms with E-state index in [2.05, 4.69) is 4.74 Å². The molecule has 25 heavy (non-hydrogen) atoms. The molecule has 0 N–H and O–H groups in total. The number of piperidine rings is 1. The standard InChI is InChI=1S/C17H24N2O5S/c1-24-17(21)14-6-8-15(9-7-14)19(25(2,22)23)13-10-16(20)18-11-4-3-5-12-18/h6-9H,3-5,10-13H2,1-2H3. The number of esters is 1. The number of benzene rings is 1. The highest BCUT2D eigenvalue weighted by molar-refractivity contribution is 7.92. The van der Waals surface area contributed by atoms with Crippen LogP contribution in [0.4, 0.5) is 5.69 Å². The molecule has 2 rings (SSSR count). The molecular formula is C17H24N2O5S. The minimum atomic E-state index is -3.54. The second-order valence-corrected chi connectivity index (χ2v) is 7.97. The average molecular weight is 368 g/mol. The molecule has 1 heterocycles. The van der Waals surface area contributed by atoms with Gasteiger partial charge in [0.05, 0.1) is 24.6 Å². The quantitative estimate of drug-likeness (QED) is 0.713. The van der Waals surface area contributed by atoms with Gasteiger partial charge in [0.2, 0.25) is 15.9 Å². The number of sulfonamides is 1. The smallest absolute Gasteiger partial charge is 0.337 e. The van der Waals surface area contributed by atoms with Crippen LogP contribution in [0, 0.1) is 0 Å². The third-order valence-electron chi connectivity index (χ3n) is 4.21. The Labute approximate surface area is 148 Å². The summed E-state index contributed by atoms with van der Waals surface area (Å²) < 4.78 is 30.0. The minimum absolute atomic E-state index is 0.0282. The van der Waals surface area contributed by atoms with Crippen LogP contribution in [0.15, 0.2) is 24.3 Å². The van der Waals surface area contributed by atoms with Crippen molar-refractivity contribution in [1.82, 2.24) is 4.90 Å². The summed E-state index contributed by atoms with van der Waals surface area (Å²) in [6.45, 7) is 1.56. The van der Waals surface area contributed by atoms with Crippen LogP contribution in [-0.2, 0) is 19.6 Å². The molecule has 1 aliphatic rings. The number of amides is 1. The van der Waals surface area contributed by atoms with Crippen LogP contribution in [-0.4, -0.2) is 58.2 Å². The van der Waals surface area contributed by atoms with E-state index in [1.807, 2.05) is 0 Å². The lowest BCUT2D eigenvalue weighted by Gasteiger charge is -2.28. The minimum Gasteiger partial charge on any atom is -0.465 e. The van der Waals surface area contributed by atoms with E-state index < -0.39 is 16.0 Å². The molecule has 1 aromatic rings. The third kappa shape index (κ3) is 5.19. The number of anilines is 1. The van der Waals surface area contributed by atoms with E-state index in [1.165, 1.54) is 23.5 Å². The van der Waals surface area contributed by atoms with Crippen molar-refractivity contribution in [3.63, 3.8) is 0 Å². The highest BCUT2D eigenvalue weighted by atomic mass is 32.2. The Morgan fingerprint density at radius 2 is 1.72 bits per heavy atom. The van der Waals surface area contributed by atoms with Crippen LogP contribution >= 0.6 is 0 Å². The van der Waals surface area contributed by atoms with Crippen LogP contribution in [0.5, 0.6) is 0 Å².